The lowest BCUT2D eigenvalue weighted by molar-refractivity contribution is -0.119. The highest BCUT2D eigenvalue weighted by Gasteiger charge is 2.23. The highest BCUT2D eigenvalue weighted by Crippen LogP contribution is 2.31. The first-order chi connectivity index (χ1) is 15.2. The van der Waals surface area contributed by atoms with E-state index in [-0.39, 0.29) is 5.56 Å². The molecule has 1 atom stereocenters. The van der Waals surface area contributed by atoms with Crippen molar-refractivity contribution in [3.8, 4) is 0 Å². The number of aryl methyl sites for hydroxylation is 3. The van der Waals surface area contributed by atoms with Gasteiger partial charge in [-0.3, -0.25) is 19.5 Å². The summed E-state index contributed by atoms with van der Waals surface area (Å²) in [7, 11) is 0. The van der Waals surface area contributed by atoms with E-state index in [1.54, 1.807) is 18.4 Å². The normalized spacial score (nSPS) is 12.0. The van der Waals surface area contributed by atoms with Crippen LogP contribution < -0.4 is 16.2 Å². The Hall–Kier alpha value is -2.65. The Morgan fingerprint density at radius 1 is 1.19 bits per heavy atom. The van der Waals surface area contributed by atoms with Crippen molar-refractivity contribution in [1.29, 1.82) is 0 Å². The molecule has 0 unspecified atom stereocenters. The molecule has 2 heterocycles. The smallest absolute Gasteiger partial charge is 0.321 e. The SMILES string of the molecule is CCNC(=O)NC(=O)[C@H](C)Sc1nc2sc(CC)c(C)c2c(=O)n1Cc1ccc(C)cc1. The molecule has 0 saturated carbocycles. The molecule has 1 aromatic carbocycles. The maximum absolute atomic E-state index is 13.5. The second kappa shape index (κ2) is 10.3. The first kappa shape index (κ1) is 24.0. The molecule has 3 rings (SSSR count). The summed E-state index contributed by atoms with van der Waals surface area (Å²) in [6.07, 6.45) is 0.831. The summed E-state index contributed by atoms with van der Waals surface area (Å²) in [4.78, 5) is 44.4. The summed E-state index contributed by atoms with van der Waals surface area (Å²) in [6, 6.07) is 7.46. The van der Waals surface area contributed by atoms with Crippen LogP contribution >= 0.6 is 23.1 Å². The third-order valence-electron chi connectivity index (χ3n) is 5.12. The van der Waals surface area contributed by atoms with Crippen molar-refractivity contribution in [3.63, 3.8) is 0 Å². The van der Waals surface area contributed by atoms with E-state index < -0.39 is 17.2 Å². The van der Waals surface area contributed by atoms with E-state index in [1.165, 1.54) is 23.1 Å². The molecule has 7 nitrogen and oxygen atoms in total. The van der Waals surface area contributed by atoms with Crippen molar-refractivity contribution >= 4 is 45.3 Å². The van der Waals surface area contributed by atoms with Gasteiger partial charge in [0.15, 0.2) is 5.16 Å². The number of thiophene rings is 1. The predicted molar refractivity (Wildman–Crippen MR) is 131 cm³/mol. The van der Waals surface area contributed by atoms with Crippen molar-refractivity contribution in [3.05, 3.63) is 56.2 Å². The van der Waals surface area contributed by atoms with E-state index in [0.717, 1.165) is 28.0 Å². The van der Waals surface area contributed by atoms with Gasteiger partial charge in [-0.15, -0.1) is 11.3 Å². The largest absolute Gasteiger partial charge is 0.338 e. The fourth-order valence-electron chi connectivity index (χ4n) is 3.32. The molecule has 0 aliphatic heterocycles. The van der Waals surface area contributed by atoms with E-state index in [2.05, 4.69) is 17.6 Å². The third-order valence-corrected chi connectivity index (χ3v) is 7.54. The minimum Gasteiger partial charge on any atom is -0.338 e. The van der Waals surface area contributed by atoms with Gasteiger partial charge in [0.1, 0.15) is 4.83 Å². The summed E-state index contributed by atoms with van der Waals surface area (Å²) in [6.45, 7) is 10.3. The number of fused-ring (bicyclic) bond motifs is 1. The number of aromatic nitrogens is 2. The molecule has 2 aromatic heterocycles. The van der Waals surface area contributed by atoms with Crippen LogP contribution in [0.25, 0.3) is 10.2 Å². The Balaban J connectivity index is 2.02. The average molecular weight is 473 g/mol. The second-order valence-corrected chi connectivity index (χ2v) is 9.96. The number of rotatable bonds is 7. The van der Waals surface area contributed by atoms with E-state index in [0.29, 0.717) is 28.5 Å². The zero-order valence-corrected chi connectivity index (χ0v) is 20.6. The van der Waals surface area contributed by atoms with Crippen LogP contribution in [-0.2, 0) is 17.8 Å². The number of amides is 3. The lowest BCUT2D eigenvalue weighted by Gasteiger charge is -2.16. The van der Waals surface area contributed by atoms with Crippen molar-refractivity contribution in [2.75, 3.05) is 6.54 Å². The van der Waals surface area contributed by atoms with Crippen molar-refractivity contribution < 1.29 is 9.59 Å². The molecule has 0 aliphatic carbocycles. The quantitative estimate of drug-likeness (QED) is 0.400. The molecule has 9 heteroatoms. The highest BCUT2D eigenvalue weighted by atomic mass is 32.2. The van der Waals surface area contributed by atoms with Crippen molar-refractivity contribution in [1.82, 2.24) is 20.2 Å². The van der Waals surface area contributed by atoms with Crippen LogP contribution in [0.2, 0.25) is 0 Å². The number of hydrogen-bond acceptors (Lipinski definition) is 6. The minimum absolute atomic E-state index is 0.108. The number of hydrogen-bond donors (Lipinski definition) is 2. The topological polar surface area (TPSA) is 93.1 Å². The van der Waals surface area contributed by atoms with E-state index >= 15 is 0 Å². The predicted octanol–water partition coefficient (Wildman–Crippen LogP) is 4.01. The van der Waals surface area contributed by atoms with Crippen LogP contribution in [0, 0.1) is 13.8 Å². The molecule has 0 bridgehead atoms. The molecule has 3 aromatic rings. The van der Waals surface area contributed by atoms with Gasteiger partial charge < -0.3 is 5.32 Å². The van der Waals surface area contributed by atoms with Gasteiger partial charge in [0, 0.05) is 11.4 Å². The molecular formula is C23H28N4O3S2. The molecular weight excluding hydrogens is 444 g/mol. The number of nitrogens with zero attached hydrogens (tertiary/aromatic N) is 2. The van der Waals surface area contributed by atoms with E-state index in [1.807, 2.05) is 38.1 Å². The minimum atomic E-state index is -0.613. The Labute approximate surface area is 195 Å². The zero-order chi connectivity index (χ0) is 23.4. The third kappa shape index (κ3) is 5.21. The number of carbonyl (C=O) groups excluding carboxylic acids is 2. The number of nitrogens with one attached hydrogen (secondary N) is 2. The monoisotopic (exact) mass is 472 g/mol. The Bertz CT molecular complexity index is 1200. The fraction of sp³-hybridized carbons (Fsp3) is 0.391. The number of thioether (sulfide) groups is 1. The second-order valence-electron chi connectivity index (χ2n) is 7.56. The lowest BCUT2D eigenvalue weighted by atomic mass is 10.1. The summed E-state index contributed by atoms with van der Waals surface area (Å²) in [5.74, 6) is -0.436. The van der Waals surface area contributed by atoms with Gasteiger partial charge in [0.05, 0.1) is 17.2 Å². The molecule has 0 radical (unpaired) electrons. The summed E-state index contributed by atoms with van der Waals surface area (Å²) in [5.41, 5.74) is 2.98. The molecule has 32 heavy (non-hydrogen) atoms. The number of imide groups is 1. The Kier molecular flexibility index (Phi) is 7.73. The number of carbonyl (C=O) groups is 2. The summed E-state index contributed by atoms with van der Waals surface area (Å²) >= 11 is 2.70. The maximum Gasteiger partial charge on any atom is 0.321 e. The lowest BCUT2D eigenvalue weighted by Crippen LogP contribution is -2.42. The van der Waals surface area contributed by atoms with Crippen molar-refractivity contribution in [2.24, 2.45) is 0 Å². The average Bonchev–Trinajstić information content (AvgIpc) is 3.07. The molecule has 0 spiro atoms. The van der Waals surface area contributed by atoms with Crippen molar-refractivity contribution in [2.45, 2.75) is 58.0 Å². The van der Waals surface area contributed by atoms with Gasteiger partial charge in [-0.2, -0.15) is 0 Å². The molecule has 0 fully saturated rings. The highest BCUT2D eigenvalue weighted by molar-refractivity contribution is 8.00. The fourth-order valence-corrected chi connectivity index (χ4v) is 5.38. The molecule has 0 saturated heterocycles. The number of benzene rings is 1. The Morgan fingerprint density at radius 3 is 2.50 bits per heavy atom. The summed E-state index contributed by atoms with van der Waals surface area (Å²) in [5, 5.41) is 5.36. The van der Waals surface area contributed by atoms with Gasteiger partial charge in [0.2, 0.25) is 5.91 Å². The summed E-state index contributed by atoms with van der Waals surface area (Å²) < 4.78 is 1.63. The maximum atomic E-state index is 13.5. The van der Waals surface area contributed by atoms with E-state index in [9.17, 15) is 14.4 Å². The zero-order valence-electron chi connectivity index (χ0n) is 18.9. The van der Waals surface area contributed by atoms with Crippen LogP contribution in [0.1, 0.15) is 42.3 Å². The standard InChI is InChI=1S/C23H28N4O3S2/c1-6-17-14(4)18-20(32-17)26-23(31-15(5)19(28)25-22(30)24-7-2)27(21(18)29)12-16-10-8-13(3)9-11-16/h8-11,15H,6-7,12H2,1-5H3,(H2,24,25,28,30)/t15-/m0/s1. The van der Waals surface area contributed by atoms with Gasteiger partial charge in [-0.1, -0.05) is 48.5 Å². The van der Waals surface area contributed by atoms with Gasteiger partial charge >= 0.3 is 6.03 Å². The molecule has 0 aliphatic rings. The first-order valence-corrected chi connectivity index (χ1v) is 12.3. The van der Waals surface area contributed by atoms with Gasteiger partial charge in [-0.05, 0) is 45.2 Å². The van der Waals surface area contributed by atoms with Crippen LogP contribution in [0.15, 0.2) is 34.2 Å². The van der Waals surface area contributed by atoms with Gasteiger partial charge in [0.25, 0.3) is 5.56 Å². The van der Waals surface area contributed by atoms with Crippen LogP contribution in [0.3, 0.4) is 0 Å². The molecule has 2 N–H and O–H groups in total. The van der Waals surface area contributed by atoms with E-state index in [4.69, 9.17) is 4.98 Å². The Morgan fingerprint density at radius 2 is 1.88 bits per heavy atom. The molecule has 170 valence electrons. The van der Waals surface area contributed by atoms with Crippen LogP contribution in [0.4, 0.5) is 4.79 Å². The van der Waals surface area contributed by atoms with Crippen LogP contribution in [0.5, 0.6) is 0 Å². The number of urea groups is 1. The van der Waals surface area contributed by atoms with Gasteiger partial charge in [-0.25, -0.2) is 9.78 Å². The first-order valence-electron chi connectivity index (χ1n) is 10.6. The molecule has 3 amide bonds. The van der Waals surface area contributed by atoms with Crippen LogP contribution in [-0.4, -0.2) is 33.3 Å².